The third-order valence-electron chi connectivity index (χ3n) is 3.26. The molecule has 0 unspecified atom stereocenters. The molecular formula is C13H17N3S. The summed E-state index contributed by atoms with van der Waals surface area (Å²) in [6.07, 6.45) is 4.73. The van der Waals surface area contributed by atoms with Crippen molar-refractivity contribution in [1.82, 2.24) is 9.55 Å². The fourth-order valence-corrected chi connectivity index (χ4v) is 2.60. The van der Waals surface area contributed by atoms with E-state index in [2.05, 4.69) is 16.9 Å². The predicted molar refractivity (Wildman–Crippen MR) is 74.5 cm³/mol. The van der Waals surface area contributed by atoms with Gasteiger partial charge in [0.2, 0.25) is 0 Å². The molecule has 90 valence electrons. The SMILES string of the molecule is CSCCn1c(C2CC2)nc2cc(N)ccc21. The average molecular weight is 247 g/mol. The van der Waals surface area contributed by atoms with Gasteiger partial charge >= 0.3 is 0 Å². The van der Waals surface area contributed by atoms with Crippen molar-refractivity contribution in [3.63, 3.8) is 0 Å². The van der Waals surface area contributed by atoms with Crippen molar-refractivity contribution in [2.75, 3.05) is 17.7 Å². The number of rotatable bonds is 4. The average Bonchev–Trinajstić information content (AvgIpc) is 3.09. The first-order valence-corrected chi connectivity index (χ1v) is 7.43. The van der Waals surface area contributed by atoms with Gasteiger partial charge in [0.15, 0.2) is 0 Å². The van der Waals surface area contributed by atoms with Gasteiger partial charge in [-0.1, -0.05) is 0 Å². The van der Waals surface area contributed by atoms with Crippen molar-refractivity contribution in [2.45, 2.75) is 25.3 Å². The normalized spacial score (nSPS) is 15.6. The van der Waals surface area contributed by atoms with Crippen molar-refractivity contribution in [3.05, 3.63) is 24.0 Å². The number of nitrogens with two attached hydrogens (primary N) is 1. The number of aromatic nitrogens is 2. The highest BCUT2D eigenvalue weighted by molar-refractivity contribution is 7.98. The van der Waals surface area contributed by atoms with E-state index in [1.807, 2.05) is 23.9 Å². The van der Waals surface area contributed by atoms with Gasteiger partial charge in [-0.2, -0.15) is 11.8 Å². The summed E-state index contributed by atoms with van der Waals surface area (Å²) < 4.78 is 2.38. The lowest BCUT2D eigenvalue weighted by Gasteiger charge is -2.07. The number of fused-ring (bicyclic) bond motifs is 1. The molecule has 0 aliphatic heterocycles. The first-order chi connectivity index (χ1) is 8.29. The minimum absolute atomic E-state index is 0.686. The summed E-state index contributed by atoms with van der Waals surface area (Å²) in [4.78, 5) is 4.76. The monoisotopic (exact) mass is 247 g/mol. The van der Waals surface area contributed by atoms with Crippen LogP contribution < -0.4 is 5.73 Å². The summed E-state index contributed by atoms with van der Waals surface area (Å²) in [6.45, 7) is 1.05. The molecule has 4 heteroatoms. The van der Waals surface area contributed by atoms with Gasteiger partial charge < -0.3 is 10.3 Å². The van der Waals surface area contributed by atoms with Gasteiger partial charge in [-0.05, 0) is 37.3 Å². The summed E-state index contributed by atoms with van der Waals surface area (Å²) in [5.74, 6) is 3.08. The summed E-state index contributed by atoms with van der Waals surface area (Å²) in [6, 6.07) is 6.05. The van der Waals surface area contributed by atoms with E-state index in [4.69, 9.17) is 10.7 Å². The van der Waals surface area contributed by atoms with Crippen LogP contribution in [0.2, 0.25) is 0 Å². The second-order valence-corrected chi connectivity index (χ2v) is 5.62. The van der Waals surface area contributed by atoms with Crippen LogP contribution >= 0.6 is 11.8 Å². The number of nitrogens with zero attached hydrogens (tertiary/aromatic N) is 2. The Morgan fingerprint density at radius 2 is 2.29 bits per heavy atom. The van der Waals surface area contributed by atoms with E-state index in [1.54, 1.807) is 0 Å². The lowest BCUT2D eigenvalue weighted by molar-refractivity contribution is 0.727. The fraction of sp³-hybridized carbons (Fsp3) is 0.462. The van der Waals surface area contributed by atoms with E-state index >= 15 is 0 Å². The molecular weight excluding hydrogens is 230 g/mol. The van der Waals surface area contributed by atoms with Crippen LogP contribution in [-0.4, -0.2) is 21.6 Å². The van der Waals surface area contributed by atoms with Crippen molar-refractivity contribution in [1.29, 1.82) is 0 Å². The molecule has 0 atom stereocenters. The summed E-state index contributed by atoms with van der Waals surface area (Å²) in [5.41, 5.74) is 8.90. The van der Waals surface area contributed by atoms with E-state index in [1.165, 1.54) is 24.2 Å². The van der Waals surface area contributed by atoms with Gasteiger partial charge in [0, 0.05) is 23.9 Å². The highest BCUT2D eigenvalue weighted by Gasteiger charge is 2.29. The highest BCUT2D eigenvalue weighted by Crippen LogP contribution is 2.40. The molecule has 0 amide bonds. The van der Waals surface area contributed by atoms with Gasteiger partial charge in [-0.15, -0.1) is 0 Å². The van der Waals surface area contributed by atoms with Crippen molar-refractivity contribution < 1.29 is 0 Å². The maximum Gasteiger partial charge on any atom is 0.113 e. The van der Waals surface area contributed by atoms with Crippen LogP contribution in [0.25, 0.3) is 11.0 Å². The number of hydrogen-bond acceptors (Lipinski definition) is 3. The molecule has 1 aromatic carbocycles. The second-order valence-electron chi connectivity index (χ2n) is 4.64. The molecule has 1 fully saturated rings. The first-order valence-electron chi connectivity index (χ1n) is 6.04. The first kappa shape index (κ1) is 11.0. The van der Waals surface area contributed by atoms with Gasteiger partial charge in [-0.25, -0.2) is 4.98 Å². The van der Waals surface area contributed by atoms with E-state index in [0.29, 0.717) is 5.92 Å². The van der Waals surface area contributed by atoms with Crippen LogP contribution in [0.4, 0.5) is 5.69 Å². The molecule has 1 aromatic heterocycles. The van der Waals surface area contributed by atoms with Crippen LogP contribution in [0.1, 0.15) is 24.6 Å². The van der Waals surface area contributed by atoms with E-state index in [-0.39, 0.29) is 0 Å². The van der Waals surface area contributed by atoms with Crippen LogP contribution in [0, 0.1) is 0 Å². The van der Waals surface area contributed by atoms with Crippen LogP contribution in [0.15, 0.2) is 18.2 Å². The molecule has 1 aliphatic rings. The number of hydrogen-bond donors (Lipinski definition) is 1. The molecule has 1 aliphatic carbocycles. The molecule has 2 aromatic rings. The van der Waals surface area contributed by atoms with Crippen LogP contribution in [0.3, 0.4) is 0 Å². The van der Waals surface area contributed by atoms with Gasteiger partial charge in [0.25, 0.3) is 0 Å². The Kier molecular flexibility index (Phi) is 2.74. The van der Waals surface area contributed by atoms with Crippen molar-refractivity contribution in [3.8, 4) is 0 Å². The molecule has 0 bridgehead atoms. The zero-order valence-corrected chi connectivity index (χ0v) is 10.8. The number of nitrogen functional groups attached to an aromatic ring is 1. The topological polar surface area (TPSA) is 43.8 Å². The van der Waals surface area contributed by atoms with Crippen LogP contribution in [-0.2, 0) is 6.54 Å². The number of aryl methyl sites for hydroxylation is 1. The number of benzene rings is 1. The molecule has 3 rings (SSSR count). The Hall–Kier alpha value is -1.16. The summed E-state index contributed by atoms with van der Waals surface area (Å²) in [7, 11) is 0. The Morgan fingerprint density at radius 3 is 3.00 bits per heavy atom. The lowest BCUT2D eigenvalue weighted by Crippen LogP contribution is -2.04. The zero-order valence-electron chi connectivity index (χ0n) is 10.0. The largest absolute Gasteiger partial charge is 0.399 e. The minimum atomic E-state index is 0.686. The molecule has 1 heterocycles. The van der Waals surface area contributed by atoms with Crippen molar-refractivity contribution >= 4 is 28.5 Å². The molecule has 0 radical (unpaired) electrons. The fourth-order valence-electron chi connectivity index (χ4n) is 2.24. The Labute approximate surface area is 105 Å². The van der Waals surface area contributed by atoms with Crippen molar-refractivity contribution in [2.24, 2.45) is 0 Å². The van der Waals surface area contributed by atoms with Gasteiger partial charge in [0.1, 0.15) is 5.82 Å². The number of imidazole rings is 1. The third kappa shape index (κ3) is 2.02. The number of thioether (sulfide) groups is 1. The second kappa shape index (κ2) is 4.26. The lowest BCUT2D eigenvalue weighted by atomic mass is 10.3. The van der Waals surface area contributed by atoms with E-state index in [0.717, 1.165) is 23.5 Å². The summed E-state index contributed by atoms with van der Waals surface area (Å²) in [5, 5.41) is 0. The minimum Gasteiger partial charge on any atom is -0.399 e. The predicted octanol–water partition coefficient (Wildman–Crippen LogP) is 2.86. The van der Waals surface area contributed by atoms with Gasteiger partial charge in [0.05, 0.1) is 11.0 Å². The molecule has 0 saturated heterocycles. The van der Waals surface area contributed by atoms with E-state index in [9.17, 15) is 0 Å². The standard InChI is InChI=1S/C13H17N3S/c1-17-7-6-16-12-5-4-10(14)8-11(12)15-13(16)9-2-3-9/h4-5,8-9H,2-3,6-7,14H2,1H3. The maximum absolute atomic E-state index is 5.82. The molecule has 17 heavy (non-hydrogen) atoms. The molecule has 2 N–H and O–H groups in total. The Balaban J connectivity index is 2.09. The van der Waals surface area contributed by atoms with E-state index < -0.39 is 0 Å². The van der Waals surface area contributed by atoms with Gasteiger partial charge in [-0.3, -0.25) is 0 Å². The highest BCUT2D eigenvalue weighted by atomic mass is 32.2. The summed E-state index contributed by atoms with van der Waals surface area (Å²) >= 11 is 1.88. The van der Waals surface area contributed by atoms with Crippen LogP contribution in [0.5, 0.6) is 0 Å². The molecule has 0 spiro atoms. The quantitative estimate of drug-likeness (QED) is 0.845. The molecule has 3 nitrogen and oxygen atoms in total. The molecule has 1 saturated carbocycles. The zero-order chi connectivity index (χ0) is 11.8. The maximum atomic E-state index is 5.82. The Bertz CT molecular complexity index is 543. The third-order valence-corrected chi connectivity index (χ3v) is 3.85. The number of anilines is 1. The smallest absolute Gasteiger partial charge is 0.113 e. The Morgan fingerprint density at radius 1 is 1.47 bits per heavy atom.